The molecule has 1 aliphatic heterocycles. The highest BCUT2D eigenvalue weighted by molar-refractivity contribution is 5.92. The van der Waals surface area contributed by atoms with E-state index in [4.69, 9.17) is 5.73 Å². The Morgan fingerprint density at radius 3 is 2.71 bits per heavy atom. The quantitative estimate of drug-likeness (QED) is 0.806. The van der Waals surface area contributed by atoms with Gasteiger partial charge < -0.3 is 15.6 Å². The van der Waals surface area contributed by atoms with Gasteiger partial charge in [-0.3, -0.25) is 9.59 Å². The van der Waals surface area contributed by atoms with E-state index in [-0.39, 0.29) is 23.7 Å². The van der Waals surface area contributed by atoms with E-state index in [2.05, 4.69) is 18.1 Å². The molecular weight excluding hydrogens is 302 g/mol. The van der Waals surface area contributed by atoms with Crippen LogP contribution in [0.2, 0.25) is 0 Å². The maximum Gasteiger partial charge on any atom is 0.240 e. The van der Waals surface area contributed by atoms with Crippen LogP contribution in [0.5, 0.6) is 0 Å². The number of carbonyl (C=O) groups excluding carboxylic acids is 2. The molecule has 2 heterocycles. The molecule has 0 spiro atoms. The number of carbonyl (C=O) groups is 2. The van der Waals surface area contributed by atoms with E-state index >= 15 is 0 Å². The molecule has 1 amide bonds. The van der Waals surface area contributed by atoms with E-state index in [1.807, 2.05) is 20.0 Å². The number of H-pyrrole nitrogens is 1. The van der Waals surface area contributed by atoms with Crippen molar-refractivity contribution in [1.82, 2.24) is 9.88 Å². The van der Waals surface area contributed by atoms with E-state index in [0.717, 1.165) is 29.7 Å². The molecule has 0 aliphatic carbocycles. The fourth-order valence-corrected chi connectivity index (χ4v) is 3.32. The zero-order chi connectivity index (χ0) is 17.9. The number of hydrogen-bond acceptors (Lipinski definition) is 3. The van der Waals surface area contributed by atoms with E-state index in [1.165, 1.54) is 0 Å². The Kier molecular flexibility index (Phi) is 5.78. The molecule has 3 N–H and O–H groups in total. The van der Waals surface area contributed by atoms with Gasteiger partial charge in [0.15, 0.2) is 5.78 Å². The molecule has 1 fully saturated rings. The Labute approximate surface area is 143 Å². The SMILES string of the molecule is C=Cc1[nH]cc(C[C@H](N)C(=O)N2CCC[C@H]2C(=O)C(C)C)c1C=C. The number of Topliss-reactive ketones (excluding diaryl/α,β-unsaturated/α-hetero) is 1. The van der Waals surface area contributed by atoms with Crippen molar-refractivity contribution in [3.8, 4) is 0 Å². The van der Waals surface area contributed by atoms with Crippen molar-refractivity contribution < 1.29 is 9.59 Å². The second-order valence-electron chi connectivity index (χ2n) is 6.61. The highest BCUT2D eigenvalue weighted by Gasteiger charge is 2.36. The molecule has 1 aromatic rings. The summed E-state index contributed by atoms with van der Waals surface area (Å²) in [7, 11) is 0. The highest BCUT2D eigenvalue weighted by Crippen LogP contribution is 2.23. The molecule has 5 heteroatoms. The minimum absolute atomic E-state index is 0.0770. The summed E-state index contributed by atoms with van der Waals surface area (Å²) in [4.78, 5) is 29.9. The fourth-order valence-electron chi connectivity index (χ4n) is 3.32. The average Bonchev–Trinajstić information content (AvgIpc) is 3.19. The van der Waals surface area contributed by atoms with Gasteiger partial charge in [0.25, 0.3) is 0 Å². The van der Waals surface area contributed by atoms with E-state index in [0.29, 0.717) is 13.0 Å². The molecule has 0 unspecified atom stereocenters. The average molecular weight is 329 g/mol. The molecule has 2 atom stereocenters. The van der Waals surface area contributed by atoms with Crippen LogP contribution in [0.3, 0.4) is 0 Å². The predicted molar refractivity (Wildman–Crippen MR) is 97.2 cm³/mol. The number of nitrogens with two attached hydrogens (primary N) is 1. The van der Waals surface area contributed by atoms with Crippen molar-refractivity contribution in [3.05, 3.63) is 36.2 Å². The first kappa shape index (κ1) is 18.2. The van der Waals surface area contributed by atoms with Crippen LogP contribution >= 0.6 is 0 Å². The zero-order valence-corrected chi connectivity index (χ0v) is 14.5. The van der Waals surface area contributed by atoms with Crippen LogP contribution < -0.4 is 5.73 Å². The van der Waals surface area contributed by atoms with E-state index < -0.39 is 6.04 Å². The summed E-state index contributed by atoms with van der Waals surface area (Å²) >= 11 is 0. The first-order valence-electron chi connectivity index (χ1n) is 8.45. The number of ketones is 1. The molecule has 130 valence electrons. The van der Waals surface area contributed by atoms with Gasteiger partial charge in [-0.15, -0.1) is 0 Å². The largest absolute Gasteiger partial charge is 0.361 e. The topological polar surface area (TPSA) is 79.2 Å². The fraction of sp³-hybridized carbons (Fsp3) is 0.474. The third-order valence-corrected chi connectivity index (χ3v) is 4.64. The van der Waals surface area contributed by atoms with Crippen LogP contribution in [-0.4, -0.2) is 40.2 Å². The smallest absolute Gasteiger partial charge is 0.240 e. The van der Waals surface area contributed by atoms with Crippen molar-refractivity contribution in [2.75, 3.05) is 6.54 Å². The van der Waals surface area contributed by atoms with Gasteiger partial charge in [0, 0.05) is 29.9 Å². The molecule has 2 rings (SSSR count). The van der Waals surface area contributed by atoms with Gasteiger partial charge in [0.1, 0.15) is 0 Å². The number of likely N-dealkylation sites (tertiary alicyclic amines) is 1. The summed E-state index contributed by atoms with van der Waals surface area (Å²) in [5, 5.41) is 0. The van der Waals surface area contributed by atoms with Crippen LogP contribution in [0.15, 0.2) is 19.4 Å². The van der Waals surface area contributed by atoms with E-state index in [9.17, 15) is 9.59 Å². The maximum absolute atomic E-state index is 12.8. The first-order chi connectivity index (χ1) is 11.4. The Morgan fingerprint density at radius 2 is 2.12 bits per heavy atom. The van der Waals surface area contributed by atoms with Crippen molar-refractivity contribution in [1.29, 1.82) is 0 Å². The third kappa shape index (κ3) is 3.51. The lowest BCUT2D eigenvalue weighted by atomic mass is 9.98. The second-order valence-corrected chi connectivity index (χ2v) is 6.61. The molecule has 1 aliphatic rings. The second kappa shape index (κ2) is 7.62. The molecular formula is C19H27N3O2. The van der Waals surface area contributed by atoms with Gasteiger partial charge in [-0.05, 0) is 30.9 Å². The van der Waals surface area contributed by atoms with Crippen molar-refractivity contribution in [2.24, 2.45) is 11.7 Å². The summed E-state index contributed by atoms with van der Waals surface area (Å²) in [6.45, 7) is 11.9. The van der Waals surface area contributed by atoms with Gasteiger partial charge in [-0.25, -0.2) is 0 Å². The molecule has 0 saturated carbocycles. The number of hydrogen-bond donors (Lipinski definition) is 2. The summed E-state index contributed by atoms with van der Waals surface area (Å²) in [6, 6.07) is -0.991. The molecule has 1 saturated heterocycles. The van der Waals surface area contributed by atoms with Crippen LogP contribution in [0.25, 0.3) is 12.2 Å². The lowest BCUT2D eigenvalue weighted by Gasteiger charge is -2.27. The minimum Gasteiger partial charge on any atom is -0.361 e. The summed E-state index contributed by atoms with van der Waals surface area (Å²) in [6.07, 6.45) is 7.28. The summed E-state index contributed by atoms with van der Waals surface area (Å²) in [5.41, 5.74) is 8.89. The summed E-state index contributed by atoms with van der Waals surface area (Å²) < 4.78 is 0. The van der Waals surface area contributed by atoms with Crippen molar-refractivity contribution in [3.63, 3.8) is 0 Å². The van der Waals surface area contributed by atoms with Gasteiger partial charge in [-0.2, -0.15) is 0 Å². The zero-order valence-electron chi connectivity index (χ0n) is 14.5. The van der Waals surface area contributed by atoms with Crippen LogP contribution in [-0.2, 0) is 16.0 Å². The van der Waals surface area contributed by atoms with Gasteiger partial charge >= 0.3 is 0 Å². The number of nitrogens with one attached hydrogen (secondary N) is 1. The molecule has 0 bridgehead atoms. The molecule has 0 aromatic carbocycles. The normalized spacial score (nSPS) is 18.7. The lowest BCUT2D eigenvalue weighted by molar-refractivity contribution is -0.139. The summed E-state index contributed by atoms with van der Waals surface area (Å²) in [5.74, 6) is -0.106. The van der Waals surface area contributed by atoms with Crippen LogP contribution in [0, 0.1) is 5.92 Å². The monoisotopic (exact) mass is 329 g/mol. The predicted octanol–water partition coefficient (Wildman–Crippen LogP) is 2.39. The Hall–Kier alpha value is -2.14. The van der Waals surface area contributed by atoms with Crippen LogP contribution in [0.1, 0.15) is 43.5 Å². The number of amides is 1. The maximum atomic E-state index is 12.8. The highest BCUT2D eigenvalue weighted by atomic mass is 16.2. The van der Waals surface area contributed by atoms with E-state index in [1.54, 1.807) is 17.1 Å². The van der Waals surface area contributed by atoms with Crippen molar-refractivity contribution >= 4 is 23.8 Å². The number of rotatable bonds is 7. The number of aromatic amines is 1. The van der Waals surface area contributed by atoms with Crippen LogP contribution in [0.4, 0.5) is 0 Å². The van der Waals surface area contributed by atoms with Crippen molar-refractivity contribution in [2.45, 2.75) is 45.2 Å². The number of nitrogens with zero attached hydrogens (tertiary/aromatic N) is 1. The molecule has 1 aromatic heterocycles. The standard InChI is InChI=1S/C19H27N3O2/c1-5-14-13(11-21-16(14)6-2)10-15(20)19(24)22-9-7-8-17(22)18(23)12(3)4/h5-6,11-12,15,17,21H,1-2,7-10,20H2,3-4H3/t15-,17-/m0/s1. The Morgan fingerprint density at radius 1 is 1.42 bits per heavy atom. The minimum atomic E-state index is -0.669. The third-order valence-electron chi connectivity index (χ3n) is 4.64. The van der Waals surface area contributed by atoms with Gasteiger partial charge in [0.05, 0.1) is 12.1 Å². The molecule has 0 radical (unpaired) electrons. The lowest BCUT2D eigenvalue weighted by Crippen LogP contribution is -2.50. The molecule has 24 heavy (non-hydrogen) atoms. The Bertz CT molecular complexity index is 645. The molecule has 5 nitrogen and oxygen atoms in total. The van der Waals surface area contributed by atoms with Gasteiger partial charge in [0.2, 0.25) is 5.91 Å². The first-order valence-corrected chi connectivity index (χ1v) is 8.45. The number of aromatic nitrogens is 1. The van der Waals surface area contributed by atoms with Gasteiger partial charge in [-0.1, -0.05) is 33.1 Å². The Balaban J connectivity index is 2.12.